The van der Waals surface area contributed by atoms with Crippen LogP contribution in [0.2, 0.25) is 5.28 Å². The lowest BCUT2D eigenvalue weighted by molar-refractivity contribution is -0.124. The van der Waals surface area contributed by atoms with Crippen molar-refractivity contribution in [2.75, 3.05) is 23.9 Å². The van der Waals surface area contributed by atoms with Crippen molar-refractivity contribution < 1.29 is 4.79 Å². The minimum absolute atomic E-state index is 0.153. The Hall–Kier alpha value is -1.36. The van der Waals surface area contributed by atoms with E-state index < -0.39 is 5.54 Å². The average molecular weight is 295 g/mol. The van der Waals surface area contributed by atoms with E-state index in [0.29, 0.717) is 0 Å². The molecule has 6 heteroatoms. The van der Waals surface area contributed by atoms with Gasteiger partial charge < -0.3 is 9.80 Å². The summed E-state index contributed by atoms with van der Waals surface area (Å²) < 4.78 is 0. The van der Waals surface area contributed by atoms with Crippen LogP contribution in [-0.2, 0) is 4.79 Å². The summed E-state index contributed by atoms with van der Waals surface area (Å²) in [5.74, 6) is 0.911. The Morgan fingerprint density at radius 1 is 1.20 bits per heavy atom. The zero-order chi connectivity index (χ0) is 14.3. The summed E-state index contributed by atoms with van der Waals surface area (Å²) in [4.78, 5) is 25.0. The van der Waals surface area contributed by atoms with Gasteiger partial charge in [0.25, 0.3) is 5.91 Å². The number of amides is 1. The second-order valence-corrected chi connectivity index (χ2v) is 6.05. The van der Waals surface area contributed by atoms with Crippen molar-refractivity contribution in [2.24, 2.45) is 0 Å². The number of carbonyl (C=O) groups excluding carboxylic acids is 1. The zero-order valence-electron chi connectivity index (χ0n) is 11.9. The number of rotatable bonds is 0. The lowest BCUT2D eigenvalue weighted by atomic mass is 9.85. The van der Waals surface area contributed by atoms with Gasteiger partial charge in [0, 0.05) is 14.1 Å². The first-order valence-electron chi connectivity index (χ1n) is 7.11. The molecular weight excluding hydrogens is 276 g/mol. The molecular formula is C14H19ClN4O. The molecule has 20 heavy (non-hydrogen) atoms. The molecule has 1 amide bonds. The van der Waals surface area contributed by atoms with Crippen LogP contribution < -0.4 is 9.80 Å². The highest BCUT2D eigenvalue weighted by molar-refractivity contribution is 6.28. The number of carbonyl (C=O) groups is 1. The molecule has 1 saturated carbocycles. The van der Waals surface area contributed by atoms with Crippen LogP contribution in [0.3, 0.4) is 0 Å². The molecule has 1 fully saturated rings. The first kappa shape index (κ1) is 13.6. The van der Waals surface area contributed by atoms with Gasteiger partial charge in [-0.2, -0.15) is 4.98 Å². The van der Waals surface area contributed by atoms with Gasteiger partial charge in [-0.05, 0) is 24.4 Å². The topological polar surface area (TPSA) is 49.3 Å². The van der Waals surface area contributed by atoms with E-state index in [9.17, 15) is 4.79 Å². The first-order chi connectivity index (χ1) is 9.56. The average Bonchev–Trinajstić information content (AvgIpc) is 2.70. The molecule has 1 spiro atoms. The maximum atomic E-state index is 12.9. The number of hydrogen-bond acceptors (Lipinski definition) is 4. The highest BCUT2D eigenvalue weighted by Gasteiger charge is 2.49. The predicted molar refractivity (Wildman–Crippen MR) is 79.3 cm³/mol. The molecule has 0 atom stereocenters. The van der Waals surface area contributed by atoms with Crippen LogP contribution >= 0.6 is 11.6 Å². The third kappa shape index (κ3) is 1.87. The molecule has 1 aliphatic heterocycles. The van der Waals surface area contributed by atoms with Crippen molar-refractivity contribution in [3.63, 3.8) is 0 Å². The first-order valence-corrected chi connectivity index (χ1v) is 7.48. The van der Waals surface area contributed by atoms with Crippen LogP contribution in [0.15, 0.2) is 6.20 Å². The monoisotopic (exact) mass is 294 g/mol. The van der Waals surface area contributed by atoms with E-state index in [0.717, 1.165) is 37.2 Å². The summed E-state index contributed by atoms with van der Waals surface area (Å²) >= 11 is 5.93. The number of nitrogens with zero attached hydrogens (tertiary/aromatic N) is 4. The van der Waals surface area contributed by atoms with Crippen LogP contribution in [0.4, 0.5) is 11.5 Å². The molecule has 0 radical (unpaired) electrons. The summed E-state index contributed by atoms with van der Waals surface area (Å²) in [6, 6.07) is 0. The Kier molecular flexibility index (Phi) is 3.32. The summed E-state index contributed by atoms with van der Waals surface area (Å²) in [7, 11) is 3.76. The molecule has 1 aliphatic carbocycles. The van der Waals surface area contributed by atoms with E-state index in [1.54, 1.807) is 18.1 Å². The largest absolute Gasteiger partial charge is 0.343 e. The molecule has 1 aromatic heterocycles. The summed E-state index contributed by atoms with van der Waals surface area (Å²) in [5.41, 5.74) is 0.271. The Morgan fingerprint density at radius 2 is 1.85 bits per heavy atom. The minimum atomic E-state index is -0.462. The van der Waals surface area contributed by atoms with Crippen LogP contribution in [-0.4, -0.2) is 35.5 Å². The number of halogens is 1. The van der Waals surface area contributed by atoms with Crippen molar-refractivity contribution >= 4 is 29.0 Å². The van der Waals surface area contributed by atoms with Crippen LogP contribution in [0, 0.1) is 0 Å². The fourth-order valence-electron chi connectivity index (χ4n) is 3.46. The van der Waals surface area contributed by atoms with Crippen LogP contribution in [0.5, 0.6) is 0 Å². The van der Waals surface area contributed by atoms with E-state index in [1.165, 1.54) is 12.8 Å². The smallest absolute Gasteiger partial charge is 0.252 e. The fourth-order valence-corrected chi connectivity index (χ4v) is 3.59. The van der Waals surface area contributed by atoms with E-state index in [2.05, 4.69) is 9.97 Å². The molecule has 2 heterocycles. The molecule has 2 aliphatic rings. The number of fused-ring (bicyclic) bond motifs is 1. The fraction of sp³-hybridized carbons (Fsp3) is 0.643. The van der Waals surface area contributed by atoms with Gasteiger partial charge in [0.2, 0.25) is 5.28 Å². The van der Waals surface area contributed by atoms with Gasteiger partial charge in [0.05, 0.1) is 6.20 Å². The van der Waals surface area contributed by atoms with Crippen molar-refractivity contribution in [3.8, 4) is 0 Å². The van der Waals surface area contributed by atoms with E-state index >= 15 is 0 Å². The Bertz CT molecular complexity index is 540. The molecule has 0 aromatic carbocycles. The molecule has 0 bridgehead atoms. The van der Waals surface area contributed by atoms with E-state index in [1.807, 2.05) is 11.9 Å². The van der Waals surface area contributed by atoms with Crippen molar-refractivity contribution in [2.45, 2.75) is 44.1 Å². The Balaban J connectivity index is 2.11. The van der Waals surface area contributed by atoms with Gasteiger partial charge in [-0.25, -0.2) is 4.98 Å². The highest BCUT2D eigenvalue weighted by Crippen LogP contribution is 2.43. The lowest BCUT2D eigenvalue weighted by Gasteiger charge is -2.47. The van der Waals surface area contributed by atoms with Crippen molar-refractivity contribution in [1.82, 2.24) is 9.97 Å². The molecule has 108 valence electrons. The SMILES string of the molecule is CN1C(=O)C2(CCCCCC2)N(C)c2nc(Cl)ncc21. The van der Waals surface area contributed by atoms with Gasteiger partial charge in [-0.3, -0.25) is 4.79 Å². The van der Waals surface area contributed by atoms with Crippen LogP contribution in [0.1, 0.15) is 38.5 Å². The number of hydrogen-bond donors (Lipinski definition) is 0. The maximum absolute atomic E-state index is 12.9. The standard InChI is InChI=1S/C14H19ClN4O/c1-18-10-9-16-13(15)17-11(10)19(2)14(12(18)20)7-5-3-4-6-8-14/h9H,3-8H2,1-2H3. The van der Waals surface area contributed by atoms with Gasteiger partial charge in [-0.15, -0.1) is 0 Å². The minimum Gasteiger partial charge on any atom is -0.343 e. The predicted octanol–water partition coefficient (Wildman–Crippen LogP) is 2.64. The molecule has 0 saturated heterocycles. The summed E-state index contributed by atoms with van der Waals surface area (Å²) in [5, 5.41) is 0.224. The van der Waals surface area contributed by atoms with Gasteiger partial charge in [0.15, 0.2) is 5.82 Å². The highest BCUT2D eigenvalue weighted by atomic mass is 35.5. The molecule has 0 N–H and O–H groups in total. The molecule has 1 aromatic rings. The molecule has 0 unspecified atom stereocenters. The van der Waals surface area contributed by atoms with Gasteiger partial charge >= 0.3 is 0 Å². The van der Waals surface area contributed by atoms with E-state index in [4.69, 9.17) is 11.6 Å². The summed E-state index contributed by atoms with van der Waals surface area (Å²) in [6.45, 7) is 0. The maximum Gasteiger partial charge on any atom is 0.252 e. The second kappa shape index (κ2) is 4.88. The number of aromatic nitrogens is 2. The van der Waals surface area contributed by atoms with Gasteiger partial charge in [-0.1, -0.05) is 25.7 Å². The van der Waals surface area contributed by atoms with Crippen LogP contribution in [0.25, 0.3) is 0 Å². The quantitative estimate of drug-likeness (QED) is 0.690. The normalized spacial score (nSPS) is 21.9. The van der Waals surface area contributed by atoms with E-state index in [-0.39, 0.29) is 11.2 Å². The number of likely N-dealkylation sites (N-methyl/N-ethyl adjacent to an activating group) is 2. The third-order valence-electron chi connectivity index (χ3n) is 4.68. The Morgan fingerprint density at radius 3 is 2.50 bits per heavy atom. The Labute approximate surface area is 123 Å². The van der Waals surface area contributed by atoms with Crippen molar-refractivity contribution in [1.29, 1.82) is 0 Å². The third-order valence-corrected chi connectivity index (χ3v) is 4.86. The summed E-state index contributed by atoms with van der Waals surface area (Å²) in [6.07, 6.45) is 7.95. The van der Waals surface area contributed by atoms with Crippen molar-refractivity contribution in [3.05, 3.63) is 11.5 Å². The second-order valence-electron chi connectivity index (χ2n) is 5.72. The molecule has 3 rings (SSSR count). The lowest BCUT2D eigenvalue weighted by Crippen LogP contribution is -2.61. The van der Waals surface area contributed by atoms with Gasteiger partial charge in [0.1, 0.15) is 11.2 Å². The molecule has 5 nitrogen and oxygen atoms in total. The zero-order valence-corrected chi connectivity index (χ0v) is 12.7. The number of anilines is 2.